The fraction of sp³-hybridized carbons (Fsp3) is 0.526. The van der Waals surface area contributed by atoms with Gasteiger partial charge in [-0.25, -0.2) is 9.37 Å². The van der Waals surface area contributed by atoms with Crippen molar-refractivity contribution in [1.82, 2.24) is 9.88 Å². The first kappa shape index (κ1) is 21.6. The van der Waals surface area contributed by atoms with E-state index in [1.807, 2.05) is 0 Å². The minimum atomic E-state index is -4.48. The fourth-order valence-corrected chi connectivity index (χ4v) is 3.94. The van der Waals surface area contributed by atoms with E-state index >= 15 is 0 Å². The lowest BCUT2D eigenvalue weighted by Crippen LogP contribution is -2.36. The third kappa shape index (κ3) is 6.46. The summed E-state index contributed by atoms with van der Waals surface area (Å²) >= 11 is 1.39. The van der Waals surface area contributed by atoms with Crippen molar-refractivity contribution < 1.29 is 17.6 Å². The molecule has 1 aromatic heterocycles. The van der Waals surface area contributed by atoms with Gasteiger partial charge >= 0.3 is 6.18 Å². The van der Waals surface area contributed by atoms with Crippen LogP contribution in [0.25, 0.3) is 5.57 Å². The Bertz CT molecular complexity index is 719. The molecule has 1 fully saturated rings. The average Bonchev–Trinajstić information content (AvgIpc) is 3.02. The van der Waals surface area contributed by atoms with Gasteiger partial charge in [0.1, 0.15) is 5.83 Å². The molecule has 1 aliphatic heterocycles. The zero-order valence-electron chi connectivity index (χ0n) is 15.7. The Labute approximate surface area is 161 Å². The van der Waals surface area contributed by atoms with Crippen LogP contribution < -0.4 is 5.32 Å². The number of likely N-dealkylation sites (tertiary alicyclic amines) is 1. The topological polar surface area (TPSA) is 28.2 Å². The minimum Gasteiger partial charge on any atom is -0.365 e. The van der Waals surface area contributed by atoms with Crippen molar-refractivity contribution in [1.29, 1.82) is 0 Å². The number of anilines is 1. The molecule has 1 atom stereocenters. The van der Waals surface area contributed by atoms with Crippen LogP contribution in [0.3, 0.4) is 0 Å². The monoisotopic (exact) mass is 403 g/mol. The van der Waals surface area contributed by atoms with Crippen LogP contribution in [0.1, 0.15) is 43.7 Å². The van der Waals surface area contributed by atoms with Gasteiger partial charge in [-0.1, -0.05) is 12.5 Å². The Kier molecular flexibility index (Phi) is 7.61. The molecule has 27 heavy (non-hydrogen) atoms. The van der Waals surface area contributed by atoms with Gasteiger partial charge in [0.05, 0.1) is 5.69 Å². The van der Waals surface area contributed by atoms with Crippen LogP contribution in [0.15, 0.2) is 30.1 Å². The molecule has 0 aromatic carbocycles. The van der Waals surface area contributed by atoms with Gasteiger partial charge in [-0.2, -0.15) is 13.2 Å². The van der Waals surface area contributed by atoms with E-state index in [1.165, 1.54) is 30.8 Å². The highest BCUT2D eigenvalue weighted by molar-refractivity contribution is 7.15. The molecule has 1 aliphatic rings. The van der Waals surface area contributed by atoms with Crippen LogP contribution in [-0.4, -0.2) is 35.7 Å². The first-order valence-corrected chi connectivity index (χ1v) is 9.76. The van der Waals surface area contributed by atoms with Crippen molar-refractivity contribution >= 4 is 22.0 Å². The van der Waals surface area contributed by atoms with E-state index in [-0.39, 0.29) is 11.6 Å². The summed E-state index contributed by atoms with van der Waals surface area (Å²) in [6.07, 6.45) is 2.21. The molecule has 0 amide bonds. The second kappa shape index (κ2) is 9.50. The van der Waals surface area contributed by atoms with Crippen LogP contribution in [-0.2, 0) is 6.54 Å². The average molecular weight is 403 g/mol. The number of rotatable bonds is 6. The second-order valence-electron chi connectivity index (χ2n) is 6.50. The van der Waals surface area contributed by atoms with Gasteiger partial charge in [0.15, 0.2) is 5.13 Å². The molecule has 0 bridgehead atoms. The van der Waals surface area contributed by atoms with Crippen LogP contribution in [0.2, 0.25) is 0 Å². The summed E-state index contributed by atoms with van der Waals surface area (Å²) in [7, 11) is 1.71. The van der Waals surface area contributed by atoms with Crippen molar-refractivity contribution in [3.63, 3.8) is 0 Å². The maximum atomic E-state index is 13.8. The summed E-state index contributed by atoms with van der Waals surface area (Å²) in [6, 6.07) is 0.400. The lowest BCUT2D eigenvalue weighted by Gasteiger charge is -2.33. The van der Waals surface area contributed by atoms with Crippen LogP contribution in [0, 0.1) is 0 Å². The van der Waals surface area contributed by atoms with Gasteiger partial charge < -0.3 is 5.32 Å². The highest BCUT2D eigenvalue weighted by Crippen LogP contribution is 2.33. The summed E-state index contributed by atoms with van der Waals surface area (Å²) in [6.45, 7) is 5.17. The smallest absolute Gasteiger partial charge is 0.365 e. The van der Waals surface area contributed by atoms with E-state index in [0.29, 0.717) is 23.4 Å². The number of halogens is 4. The molecule has 150 valence electrons. The Morgan fingerprint density at radius 2 is 2.11 bits per heavy atom. The van der Waals surface area contributed by atoms with E-state index in [0.717, 1.165) is 36.4 Å². The number of hydrogen-bond donors (Lipinski definition) is 1. The Hall–Kier alpha value is -1.67. The van der Waals surface area contributed by atoms with Gasteiger partial charge in [0.2, 0.25) is 0 Å². The number of alkyl halides is 3. The maximum Gasteiger partial charge on any atom is 0.409 e. The maximum absolute atomic E-state index is 13.8. The highest BCUT2D eigenvalue weighted by atomic mass is 32.1. The Morgan fingerprint density at radius 1 is 1.37 bits per heavy atom. The Balaban J connectivity index is 2.43. The number of allylic oxidation sites excluding steroid dienone is 6. The molecule has 1 N–H and O–H groups in total. The molecule has 2 rings (SSSR count). The van der Waals surface area contributed by atoms with Crippen LogP contribution >= 0.6 is 11.3 Å². The van der Waals surface area contributed by atoms with Crippen molar-refractivity contribution in [2.75, 3.05) is 18.9 Å². The van der Waals surface area contributed by atoms with E-state index < -0.39 is 12.0 Å². The molecular formula is C19H25F4N3S. The first-order chi connectivity index (χ1) is 12.7. The zero-order valence-corrected chi connectivity index (χ0v) is 16.6. The number of aromatic nitrogens is 1. The summed E-state index contributed by atoms with van der Waals surface area (Å²) in [5, 5.41) is 3.53. The van der Waals surface area contributed by atoms with Gasteiger partial charge in [0, 0.05) is 36.2 Å². The Morgan fingerprint density at radius 3 is 2.70 bits per heavy atom. The molecule has 1 aromatic rings. The first-order valence-electron chi connectivity index (χ1n) is 8.95. The molecule has 3 nitrogen and oxygen atoms in total. The summed E-state index contributed by atoms with van der Waals surface area (Å²) in [4.78, 5) is 7.54. The van der Waals surface area contributed by atoms with E-state index in [1.54, 1.807) is 7.05 Å². The summed E-state index contributed by atoms with van der Waals surface area (Å²) < 4.78 is 51.9. The molecule has 0 saturated carbocycles. The van der Waals surface area contributed by atoms with Crippen molar-refractivity contribution in [2.24, 2.45) is 0 Å². The van der Waals surface area contributed by atoms with Crippen molar-refractivity contribution in [3.05, 3.63) is 40.7 Å². The molecule has 0 spiro atoms. The minimum absolute atomic E-state index is 0.111. The predicted octanol–water partition coefficient (Wildman–Crippen LogP) is 5.93. The zero-order chi connectivity index (χ0) is 20.0. The molecular weight excluding hydrogens is 378 g/mol. The quantitative estimate of drug-likeness (QED) is 0.471. The number of piperidine rings is 1. The molecule has 0 radical (unpaired) electrons. The lowest BCUT2D eigenvalue weighted by molar-refractivity contribution is -0.0797. The SMILES string of the molecule is C\C=C(F)/C=C(\C=C\C(F)(F)F)c1nc(NC)sc1CN1CCCCC1C. The predicted molar refractivity (Wildman–Crippen MR) is 103 cm³/mol. The van der Waals surface area contributed by atoms with E-state index in [4.69, 9.17) is 0 Å². The van der Waals surface area contributed by atoms with Crippen molar-refractivity contribution in [2.45, 2.75) is 51.9 Å². The third-order valence-electron chi connectivity index (χ3n) is 4.49. The van der Waals surface area contributed by atoms with Crippen LogP contribution in [0.4, 0.5) is 22.7 Å². The van der Waals surface area contributed by atoms with Crippen molar-refractivity contribution in [3.8, 4) is 0 Å². The number of nitrogens with one attached hydrogen (secondary N) is 1. The third-order valence-corrected chi connectivity index (χ3v) is 5.55. The fourth-order valence-electron chi connectivity index (χ4n) is 2.98. The normalized spacial score (nSPS) is 20.5. The number of thiazole rings is 1. The summed E-state index contributed by atoms with van der Waals surface area (Å²) in [5.74, 6) is -0.604. The van der Waals surface area contributed by atoms with Gasteiger partial charge in [0.25, 0.3) is 0 Å². The molecule has 2 heterocycles. The lowest BCUT2D eigenvalue weighted by atomic mass is 10.0. The second-order valence-corrected chi connectivity index (χ2v) is 7.59. The molecule has 8 heteroatoms. The molecule has 1 saturated heterocycles. The summed E-state index contributed by atoms with van der Waals surface area (Å²) in [5.41, 5.74) is 0.500. The largest absolute Gasteiger partial charge is 0.409 e. The van der Waals surface area contributed by atoms with Gasteiger partial charge in [-0.3, -0.25) is 4.90 Å². The number of nitrogens with zero attached hydrogens (tertiary/aromatic N) is 2. The molecule has 0 aliphatic carbocycles. The van der Waals surface area contributed by atoms with Crippen LogP contribution in [0.5, 0.6) is 0 Å². The number of hydrogen-bond acceptors (Lipinski definition) is 4. The standard InChI is InChI=1S/C19H25F4N3S/c1-4-15(20)11-14(8-9-19(21,22)23)17-16(27-18(24-3)25-17)12-26-10-6-5-7-13(26)2/h4,8-9,11,13H,5-7,10,12H2,1-3H3,(H,24,25)/b9-8+,14-11+,15-4+. The van der Waals surface area contributed by atoms with E-state index in [9.17, 15) is 17.6 Å². The van der Waals surface area contributed by atoms with Gasteiger partial charge in [-0.15, -0.1) is 11.3 Å². The van der Waals surface area contributed by atoms with E-state index in [2.05, 4.69) is 22.1 Å². The highest BCUT2D eigenvalue weighted by Gasteiger charge is 2.25. The molecule has 1 unspecified atom stereocenters. The van der Waals surface area contributed by atoms with Gasteiger partial charge in [-0.05, 0) is 45.4 Å².